The van der Waals surface area contributed by atoms with Crippen molar-refractivity contribution in [3.8, 4) is 0 Å². The first-order valence-electron chi connectivity index (χ1n) is 8.05. The molecule has 0 saturated carbocycles. The number of piperidine rings is 1. The van der Waals surface area contributed by atoms with Crippen molar-refractivity contribution in [1.82, 2.24) is 9.62 Å². The minimum Gasteiger partial charge on any atom is -0.317 e. The monoisotopic (exact) mass is 313 g/mol. The van der Waals surface area contributed by atoms with Gasteiger partial charge in [-0.1, -0.05) is 13.0 Å². The molecule has 6 heteroatoms. The molecule has 2 aliphatic heterocycles. The van der Waals surface area contributed by atoms with Crippen LogP contribution in [0.3, 0.4) is 0 Å². The first kappa shape index (κ1) is 16.6. The van der Waals surface area contributed by atoms with Crippen LogP contribution in [0.15, 0.2) is 16.8 Å². The van der Waals surface area contributed by atoms with Crippen molar-refractivity contribution >= 4 is 16.2 Å². The average Bonchev–Trinajstić information content (AvgIpc) is 2.49. The molecule has 0 aromatic rings. The van der Waals surface area contributed by atoms with Crippen LogP contribution in [0.5, 0.6) is 0 Å². The molecular weight excluding hydrogens is 286 g/mol. The van der Waals surface area contributed by atoms with E-state index in [0.717, 1.165) is 50.9 Å². The summed E-state index contributed by atoms with van der Waals surface area (Å²) < 4.78 is 26.9. The molecule has 120 valence electrons. The Labute approximate surface area is 128 Å². The van der Waals surface area contributed by atoms with E-state index in [1.165, 1.54) is 0 Å². The molecule has 2 rings (SSSR count). The lowest BCUT2D eigenvalue weighted by Crippen LogP contribution is -2.47. The highest BCUT2D eigenvalue weighted by Crippen LogP contribution is 2.20. The van der Waals surface area contributed by atoms with Crippen LogP contribution in [0.1, 0.15) is 45.4 Å². The van der Waals surface area contributed by atoms with E-state index in [-0.39, 0.29) is 11.8 Å². The van der Waals surface area contributed by atoms with Crippen molar-refractivity contribution in [2.45, 2.75) is 51.5 Å². The molecule has 0 aromatic carbocycles. The van der Waals surface area contributed by atoms with Crippen LogP contribution >= 0.6 is 0 Å². The molecular formula is C15H27N3O2S. The van der Waals surface area contributed by atoms with Crippen LogP contribution in [-0.4, -0.2) is 50.4 Å². The van der Waals surface area contributed by atoms with Crippen LogP contribution in [0, 0.1) is 0 Å². The summed E-state index contributed by atoms with van der Waals surface area (Å²) in [5.41, 5.74) is 1.03. The van der Waals surface area contributed by atoms with E-state index < -0.39 is 10.0 Å². The van der Waals surface area contributed by atoms with E-state index in [4.69, 9.17) is 0 Å². The number of sulfonamides is 1. The molecule has 0 atom stereocenters. The lowest BCUT2D eigenvalue weighted by molar-refractivity contribution is 0.263. The zero-order valence-electron chi connectivity index (χ0n) is 12.9. The number of nitrogens with zero attached hydrogens (tertiary/aromatic N) is 2. The minimum atomic E-state index is -3.15. The van der Waals surface area contributed by atoms with Crippen LogP contribution < -0.4 is 5.32 Å². The van der Waals surface area contributed by atoms with E-state index in [0.29, 0.717) is 13.0 Å². The Morgan fingerprint density at radius 1 is 1.33 bits per heavy atom. The van der Waals surface area contributed by atoms with Crippen molar-refractivity contribution in [1.29, 1.82) is 0 Å². The molecule has 1 N–H and O–H groups in total. The summed E-state index contributed by atoms with van der Waals surface area (Å²) in [6.07, 6.45) is 9.30. The second-order valence-corrected chi connectivity index (χ2v) is 7.78. The van der Waals surface area contributed by atoms with E-state index >= 15 is 0 Å². The second-order valence-electron chi connectivity index (χ2n) is 5.74. The maximum absolute atomic E-state index is 12.6. The molecule has 0 bridgehead atoms. The van der Waals surface area contributed by atoms with Crippen molar-refractivity contribution in [3.05, 3.63) is 11.8 Å². The van der Waals surface area contributed by atoms with Gasteiger partial charge in [0.15, 0.2) is 0 Å². The predicted octanol–water partition coefficient (Wildman–Crippen LogP) is 1.92. The Morgan fingerprint density at radius 2 is 2.10 bits per heavy atom. The van der Waals surface area contributed by atoms with Crippen LogP contribution in [0.4, 0.5) is 0 Å². The van der Waals surface area contributed by atoms with Gasteiger partial charge >= 0.3 is 0 Å². The van der Waals surface area contributed by atoms with E-state index in [9.17, 15) is 8.42 Å². The smallest absolute Gasteiger partial charge is 0.214 e. The fraction of sp³-hybridized carbons (Fsp3) is 0.800. The standard InChI is InChI=1S/C15H27N3O2S/c1-2-13-21(19,20)18(15-6-10-16-11-7-15)12-8-14-5-3-4-9-17-14/h5,9,15-16H,2-4,6-8,10-13H2,1H3. The Kier molecular flexibility index (Phi) is 6.39. The summed E-state index contributed by atoms with van der Waals surface area (Å²) >= 11 is 0. The van der Waals surface area contributed by atoms with E-state index in [1.54, 1.807) is 4.31 Å². The molecule has 0 unspecified atom stereocenters. The molecule has 2 heterocycles. The average molecular weight is 313 g/mol. The summed E-state index contributed by atoms with van der Waals surface area (Å²) in [5, 5.41) is 3.30. The molecule has 0 spiro atoms. The van der Waals surface area contributed by atoms with Crippen LogP contribution in [-0.2, 0) is 10.0 Å². The van der Waals surface area contributed by atoms with E-state index in [2.05, 4.69) is 16.4 Å². The highest BCUT2D eigenvalue weighted by Gasteiger charge is 2.30. The van der Waals surface area contributed by atoms with Gasteiger partial charge in [0.2, 0.25) is 10.0 Å². The van der Waals surface area contributed by atoms with Gasteiger partial charge in [-0.2, -0.15) is 4.31 Å². The van der Waals surface area contributed by atoms with Crippen LogP contribution in [0.2, 0.25) is 0 Å². The fourth-order valence-electron chi connectivity index (χ4n) is 2.97. The number of hydrogen-bond acceptors (Lipinski definition) is 4. The van der Waals surface area contributed by atoms with Gasteiger partial charge in [0.05, 0.1) is 5.75 Å². The van der Waals surface area contributed by atoms with Gasteiger partial charge in [-0.3, -0.25) is 4.99 Å². The lowest BCUT2D eigenvalue weighted by atomic mass is 10.1. The van der Waals surface area contributed by atoms with Gasteiger partial charge in [-0.25, -0.2) is 8.42 Å². The van der Waals surface area contributed by atoms with Gasteiger partial charge in [0, 0.05) is 30.9 Å². The summed E-state index contributed by atoms with van der Waals surface area (Å²) in [5.74, 6) is 0.249. The number of hydrogen-bond donors (Lipinski definition) is 1. The zero-order chi connectivity index (χ0) is 15.1. The number of nitrogens with one attached hydrogen (secondary N) is 1. The van der Waals surface area contributed by atoms with Crippen molar-refractivity contribution in [3.63, 3.8) is 0 Å². The van der Waals surface area contributed by atoms with Gasteiger partial charge in [0.25, 0.3) is 0 Å². The fourth-order valence-corrected chi connectivity index (χ4v) is 4.75. The zero-order valence-corrected chi connectivity index (χ0v) is 13.7. The first-order chi connectivity index (χ1) is 10.1. The summed E-state index contributed by atoms with van der Waals surface area (Å²) in [7, 11) is -3.15. The maximum Gasteiger partial charge on any atom is 0.214 e. The molecule has 0 aromatic heterocycles. The Hall–Kier alpha value is -0.720. The molecule has 0 radical (unpaired) electrons. The number of allylic oxidation sites excluding steroid dienone is 1. The summed E-state index contributed by atoms with van der Waals surface area (Å²) in [4.78, 5) is 4.38. The Bertz CT molecular complexity index is 479. The van der Waals surface area contributed by atoms with Gasteiger partial charge < -0.3 is 5.32 Å². The molecule has 2 aliphatic rings. The molecule has 1 saturated heterocycles. The largest absolute Gasteiger partial charge is 0.317 e. The third-order valence-corrected chi connectivity index (χ3v) is 6.18. The lowest BCUT2D eigenvalue weighted by Gasteiger charge is -2.33. The molecule has 5 nitrogen and oxygen atoms in total. The topological polar surface area (TPSA) is 61.8 Å². The third-order valence-electron chi connectivity index (χ3n) is 4.06. The Morgan fingerprint density at radius 3 is 2.71 bits per heavy atom. The van der Waals surface area contributed by atoms with Crippen molar-refractivity contribution in [2.24, 2.45) is 4.99 Å². The first-order valence-corrected chi connectivity index (χ1v) is 9.66. The molecule has 0 amide bonds. The second kappa shape index (κ2) is 8.06. The number of rotatable bonds is 7. The molecule has 1 fully saturated rings. The number of aliphatic imine (C=N–C) groups is 1. The van der Waals surface area contributed by atoms with Gasteiger partial charge in [-0.15, -0.1) is 0 Å². The highest BCUT2D eigenvalue weighted by atomic mass is 32.2. The minimum absolute atomic E-state index is 0.149. The normalized spacial score (nSPS) is 20.8. The maximum atomic E-state index is 12.6. The summed E-state index contributed by atoms with van der Waals surface area (Å²) in [6, 6.07) is 0.149. The SMILES string of the molecule is CCCS(=O)(=O)N(CCC1=CCCC=N1)C1CCNCC1. The van der Waals surface area contributed by atoms with Gasteiger partial charge in [0.1, 0.15) is 0 Å². The van der Waals surface area contributed by atoms with Crippen molar-refractivity contribution in [2.75, 3.05) is 25.4 Å². The Balaban J connectivity index is 2.03. The van der Waals surface area contributed by atoms with E-state index in [1.807, 2.05) is 13.1 Å². The highest BCUT2D eigenvalue weighted by molar-refractivity contribution is 7.89. The molecule has 0 aliphatic carbocycles. The summed E-state index contributed by atoms with van der Waals surface area (Å²) in [6.45, 7) is 4.30. The quantitative estimate of drug-likeness (QED) is 0.781. The van der Waals surface area contributed by atoms with Crippen molar-refractivity contribution < 1.29 is 8.42 Å². The predicted molar refractivity (Wildman–Crippen MR) is 87.1 cm³/mol. The third kappa shape index (κ3) is 4.90. The van der Waals surface area contributed by atoms with Crippen LogP contribution in [0.25, 0.3) is 0 Å². The molecule has 21 heavy (non-hydrogen) atoms. The van der Waals surface area contributed by atoms with Gasteiger partial charge in [-0.05, 0) is 45.2 Å².